The summed E-state index contributed by atoms with van der Waals surface area (Å²) >= 11 is 0. The number of rotatable bonds is 5. The summed E-state index contributed by atoms with van der Waals surface area (Å²) in [4.78, 5) is 11.0. The van der Waals surface area contributed by atoms with Crippen LogP contribution in [0.15, 0.2) is 12.4 Å². The zero-order chi connectivity index (χ0) is 11.3. The Morgan fingerprint density at radius 3 is 3.00 bits per heavy atom. The van der Waals surface area contributed by atoms with Crippen LogP contribution in [0.3, 0.4) is 0 Å². The van der Waals surface area contributed by atoms with E-state index in [2.05, 4.69) is 5.10 Å². The number of hydrogen-bond acceptors (Lipinski definition) is 4. The highest BCUT2D eigenvalue weighted by Crippen LogP contribution is 2.00. The molecule has 1 aromatic heterocycles. The Kier molecular flexibility index (Phi) is 4.30. The van der Waals surface area contributed by atoms with E-state index in [-0.39, 0.29) is 12.4 Å². The van der Waals surface area contributed by atoms with Crippen molar-refractivity contribution in [3.8, 4) is 0 Å². The topological polar surface area (TPSA) is 64.3 Å². The van der Waals surface area contributed by atoms with Gasteiger partial charge in [0.05, 0.1) is 31.9 Å². The number of nitrogens with zero attached hydrogens (tertiary/aromatic N) is 2. The molecule has 15 heavy (non-hydrogen) atoms. The zero-order valence-corrected chi connectivity index (χ0v) is 9.01. The zero-order valence-electron chi connectivity index (χ0n) is 9.01. The summed E-state index contributed by atoms with van der Waals surface area (Å²) in [5, 5.41) is 13.6. The maximum Gasteiger partial charge on any atom is 0.308 e. The fourth-order valence-electron chi connectivity index (χ4n) is 1.26. The number of aliphatic hydroxyl groups excluding tert-OH is 1. The average Bonchev–Trinajstić information content (AvgIpc) is 2.51. The van der Waals surface area contributed by atoms with Gasteiger partial charge in [0.1, 0.15) is 0 Å². The summed E-state index contributed by atoms with van der Waals surface area (Å²) in [6, 6.07) is 0. The second-order valence-electron chi connectivity index (χ2n) is 3.40. The molecular weight excluding hydrogens is 196 g/mol. The van der Waals surface area contributed by atoms with E-state index in [1.807, 2.05) is 13.1 Å². The Morgan fingerprint density at radius 2 is 2.47 bits per heavy atom. The van der Waals surface area contributed by atoms with Gasteiger partial charge in [-0.25, -0.2) is 0 Å². The molecule has 84 valence electrons. The first-order chi connectivity index (χ1) is 7.11. The van der Waals surface area contributed by atoms with Gasteiger partial charge in [0.2, 0.25) is 0 Å². The van der Waals surface area contributed by atoms with E-state index in [0.29, 0.717) is 13.2 Å². The van der Waals surface area contributed by atoms with E-state index < -0.39 is 6.10 Å². The third-order valence-corrected chi connectivity index (χ3v) is 1.87. The maximum atomic E-state index is 11.0. The molecule has 0 amide bonds. The van der Waals surface area contributed by atoms with Crippen LogP contribution < -0.4 is 0 Å². The summed E-state index contributed by atoms with van der Waals surface area (Å²) in [6.45, 7) is 4.31. The molecule has 0 aliphatic carbocycles. The largest absolute Gasteiger partial charge is 0.466 e. The van der Waals surface area contributed by atoms with Crippen LogP contribution in [-0.4, -0.2) is 33.6 Å². The molecule has 1 atom stereocenters. The SMILES string of the molecule is CCOC(=O)CC(O)Cn1cc(C)cn1. The van der Waals surface area contributed by atoms with E-state index in [1.165, 1.54) is 0 Å². The van der Waals surface area contributed by atoms with Crippen molar-refractivity contribution in [1.29, 1.82) is 0 Å². The quantitative estimate of drug-likeness (QED) is 0.722. The summed E-state index contributed by atoms with van der Waals surface area (Å²) in [6.07, 6.45) is 2.78. The summed E-state index contributed by atoms with van der Waals surface area (Å²) < 4.78 is 6.34. The van der Waals surface area contributed by atoms with Crippen LogP contribution in [-0.2, 0) is 16.1 Å². The highest BCUT2D eigenvalue weighted by Gasteiger charge is 2.12. The van der Waals surface area contributed by atoms with Crippen LogP contribution in [0.1, 0.15) is 18.9 Å². The van der Waals surface area contributed by atoms with Crippen molar-refractivity contribution >= 4 is 5.97 Å². The monoisotopic (exact) mass is 212 g/mol. The predicted octanol–water partition coefficient (Wildman–Crippen LogP) is 0.506. The molecule has 0 aliphatic heterocycles. The first-order valence-corrected chi connectivity index (χ1v) is 4.94. The maximum absolute atomic E-state index is 11.0. The number of esters is 1. The minimum Gasteiger partial charge on any atom is -0.466 e. The number of aryl methyl sites for hydroxylation is 1. The van der Waals surface area contributed by atoms with Crippen LogP contribution in [0, 0.1) is 6.92 Å². The first-order valence-electron chi connectivity index (χ1n) is 4.94. The van der Waals surface area contributed by atoms with E-state index in [4.69, 9.17) is 4.74 Å². The Hall–Kier alpha value is -1.36. The lowest BCUT2D eigenvalue weighted by atomic mass is 10.2. The number of hydrogen-bond donors (Lipinski definition) is 1. The van der Waals surface area contributed by atoms with Gasteiger partial charge < -0.3 is 9.84 Å². The number of carbonyl (C=O) groups is 1. The standard InChI is InChI=1S/C10H16N2O3/c1-3-15-10(14)4-9(13)7-12-6-8(2)5-11-12/h5-6,9,13H,3-4,7H2,1-2H3. The van der Waals surface area contributed by atoms with Crippen molar-refractivity contribution in [2.24, 2.45) is 0 Å². The van der Waals surface area contributed by atoms with Gasteiger partial charge in [-0.15, -0.1) is 0 Å². The van der Waals surface area contributed by atoms with Crippen LogP contribution >= 0.6 is 0 Å². The Labute approximate surface area is 88.7 Å². The molecule has 1 heterocycles. The van der Waals surface area contributed by atoms with Crippen LogP contribution in [0.2, 0.25) is 0 Å². The number of ether oxygens (including phenoxy) is 1. The number of carbonyl (C=O) groups excluding carboxylic acids is 1. The molecule has 5 nitrogen and oxygen atoms in total. The summed E-state index contributed by atoms with van der Waals surface area (Å²) in [7, 11) is 0. The van der Waals surface area contributed by atoms with E-state index >= 15 is 0 Å². The predicted molar refractivity (Wildman–Crippen MR) is 54.2 cm³/mol. The van der Waals surface area contributed by atoms with Crippen molar-refractivity contribution in [1.82, 2.24) is 9.78 Å². The van der Waals surface area contributed by atoms with Gasteiger partial charge in [-0.1, -0.05) is 0 Å². The highest BCUT2D eigenvalue weighted by atomic mass is 16.5. The van der Waals surface area contributed by atoms with Gasteiger partial charge in [-0.3, -0.25) is 9.48 Å². The molecule has 0 fully saturated rings. The molecule has 5 heteroatoms. The third-order valence-electron chi connectivity index (χ3n) is 1.87. The van der Waals surface area contributed by atoms with Crippen LogP contribution in [0.25, 0.3) is 0 Å². The van der Waals surface area contributed by atoms with Crippen LogP contribution in [0.5, 0.6) is 0 Å². The Morgan fingerprint density at radius 1 is 1.73 bits per heavy atom. The summed E-state index contributed by atoms with van der Waals surface area (Å²) in [5.74, 6) is -0.381. The van der Waals surface area contributed by atoms with Crippen molar-refractivity contribution in [3.63, 3.8) is 0 Å². The fraction of sp³-hybridized carbons (Fsp3) is 0.600. The van der Waals surface area contributed by atoms with Crippen molar-refractivity contribution in [3.05, 3.63) is 18.0 Å². The van der Waals surface area contributed by atoms with E-state index in [1.54, 1.807) is 17.8 Å². The van der Waals surface area contributed by atoms with Gasteiger partial charge in [0.25, 0.3) is 0 Å². The molecule has 1 rings (SSSR count). The molecule has 0 radical (unpaired) electrons. The second-order valence-corrected chi connectivity index (χ2v) is 3.40. The molecule has 0 saturated carbocycles. The summed E-state index contributed by atoms with van der Waals surface area (Å²) in [5.41, 5.74) is 1.03. The molecule has 0 bridgehead atoms. The minimum absolute atomic E-state index is 0.00669. The van der Waals surface area contributed by atoms with Crippen molar-refractivity contribution in [2.75, 3.05) is 6.61 Å². The second kappa shape index (κ2) is 5.50. The molecule has 0 spiro atoms. The molecule has 0 aliphatic rings. The van der Waals surface area contributed by atoms with Crippen molar-refractivity contribution < 1.29 is 14.6 Å². The Bertz CT molecular complexity index is 322. The normalized spacial score (nSPS) is 12.5. The third kappa shape index (κ3) is 4.12. The molecule has 1 aromatic rings. The van der Waals surface area contributed by atoms with Gasteiger partial charge in [0, 0.05) is 6.20 Å². The number of aromatic nitrogens is 2. The van der Waals surface area contributed by atoms with Gasteiger partial charge in [-0.2, -0.15) is 5.10 Å². The van der Waals surface area contributed by atoms with Gasteiger partial charge in [0.15, 0.2) is 0 Å². The highest BCUT2D eigenvalue weighted by molar-refractivity contribution is 5.69. The van der Waals surface area contributed by atoms with Crippen molar-refractivity contribution in [2.45, 2.75) is 32.9 Å². The van der Waals surface area contributed by atoms with Gasteiger partial charge in [-0.05, 0) is 19.4 Å². The van der Waals surface area contributed by atoms with Gasteiger partial charge >= 0.3 is 5.97 Å². The fourth-order valence-corrected chi connectivity index (χ4v) is 1.26. The molecule has 0 saturated heterocycles. The molecular formula is C10H16N2O3. The lowest BCUT2D eigenvalue weighted by Gasteiger charge is -2.09. The van der Waals surface area contributed by atoms with E-state index in [0.717, 1.165) is 5.56 Å². The Balaban J connectivity index is 2.35. The molecule has 1 N–H and O–H groups in total. The average molecular weight is 212 g/mol. The molecule has 0 aromatic carbocycles. The minimum atomic E-state index is -0.747. The number of aliphatic hydroxyl groups is 1. The van der Waals surface area contributed by atoms with E-state index in [9.17, 15) is 9.90 Å². The molecule has 1 unspecified atom stereocenters. The van der Waals surface area contributed by atoms with Crippen LogP contribution in [0.4, 0.5) is 0 Å². The lowest BCUT2D eigenvalue weighted by Crippen LogP contribution is -2.21. The lowest BCUT2D eigenvalue weighted by molar-refractivity contribution is -0.145. The smallest absolute Gasteiger partial charge is 0.308 e. The first kappa shape index (κ1) is 11.7.